The second-order valence-corrected chi connectivity index (χ2v) is 9.28. The van der Waals surface area contributed by atoms with Crippen molar-refractivity contribution in [3.8, 4) is 0 Å². The molecule has 2 rings (SSSR count). The van der Waals surface area contributed by atoms with Crippen LogP contribution in [-0.2, 0) is 22.7 Å². The lowest BCUT2D eigenvalue weighted by Crippen LogP contribution is -2.46. The topological polar surface area (TPSA) is 40.6 Å². The Kier molecular flexibility index (Phi) is 9.03. The number of nitrogens with zero attached hydrogens (tertiary/aromatic N) is 2. The quantitative estimate of drug-likeness (QED) is 0.504. The third kappa shape index (κ3) is 6.94. The Morgan fingerprint density at radius 1 is 1.03 bits per heavy atom. The summed E-state index contributed by atoms with van der Waals surface area (Å²) in [5.41, 5.74) is 2.01. The van der Waals surface area contributed by atoms with E-state index in [0.717, 1.165) is 22.4 Å². The van der Waals surface area contributed by atoms with Gasteiger partial charge in [-0.15, -0.1) is 11.3 Å². The molecule has 4 nitrogen and oxygen atoms in total. The molecule has 0 aliphatic rings. The van der Waals surface area contributed by atoms with Crippen molar-refractivity contribution >= 4 is 23.2 Å². The number of carbonyl (C=O) groups excluding carboxylic acids is 2. The molecule has 2 aromatic rings. The monoisotopic (exact) mass is 432 g/mol. The molecule has 0 radical (unpaired) electrons. The van der Waals surface area contributed by atoms with Crippen LogP contribution in [-0.4, -0.2) is 34.2 Å². The molecule has 0 bridgehead atoms. The van der Waals surface area contributed by atoms with Gasteiger partial charge in [0.2, 0.25) is 11.8 Å². The highest BCUT2D eigenvalue weighted by Gasteiger charge is 2.25. The largest absolute Gasteiger partial charge is 0.332 e. The van der Waals surface area contributed by atoms with Gasteiger partial charge in [-0.2, -0.15) is 0 Å². The van der Waals surface area contributed by atoms with E-state index < -0.39 is 0 Å². The number of aryl methyl sites for hydroxylation is 1. The van der Waals surface area contributed by atoms with Gasteiger partial charge in [0, 0.05) is 23.9 Å². The maximum absolute atomic E-state index is 13.3. The summed E-state index contributed by atoms with van der Waals surface area (Å²) in [4.78, 5) is 30.7. The minimum Gasteiger partial charge on any atom is -0.332 e. The summed E-state index contributed by atoms with van der Waals surface area (Å²) in [5.74, 6) is -0.137. The molecule has 1 heterocycles. The molecule has 0 saturated heterocycles. The second kappa shape index (κ2) is 11.3. The fourth-order valence-corrected chi connectivity index (χ4v) is 4.13. The van der Waals surface area contributed by atoms with Crippen LogP contribution in [0.4, 0.5) is 4.39 Å². The van der Waals surface area contributed by atoms with Gasteiger partial charge in [-0.05, 0) is 60.9 Å². The molecule has 6 heteroatoms. The highest BCUT2D eigenvalue weighted by Crippen LogP contribution is 2.20. The van der Waals surface area contributed by atoms with E-state index in [-0.39, 0.29) is 36.1 Å². The second-order valence-electron chi connectivity index (χ2n) is 8.28. The number of hydrogen-bond donors (Lipinski definition) is 0. The van der Waals surface area contributed by atoms with Crippen molar-refractivity contribution in [2.75, 3.05) is 6.54 Å². The highest BCUT2D eigenvalue weighted by molar-refractivity contribution is 7.10. The lowest BCUT2D eigenvalue weighted by atomic mass is 10.1. The summed E-state index contributed by atoms with van der Waals surface area (Å²) < 4.78 is 13.3. The first-order chi connectivity index (χ1) is 14.2. The fraction of sp³-hybridized carbons (Fsp3) is 0.500. The van der Waals surface area contributed by atoms with E-state index in [4.69, 9.17) is 0 Å². The summed E-state index contributed by atoms with van der Waals surface area (Å²) in [7, 11) is 0. The zero-order valence-corrected chi connectivity index (χ0v) is 19.5. The maximum atomic E-state index is 13.3. The minimum absolute atomic E-state index is 0.00338. The Balaban J connectivity index is 2.23. The number of hydrogen-bond acceptors (Lipinski definition) is 3. The fourth-order valence-electron chi connectivity index (χ4n) is 3.20. The number of carbonyl (C=O) groups is 2. The van der Waals surface area contributed by atoms with Crippen molar-refractivity contribution in [3.05, 3.63) is 57.5 Å². The summed E-state index contributed by atoms with van der Waals surface area (Å²) in [6, 6.07) is 8.26. The van der Waals surface area contributed by atoms with E-state index in [1.807, 2.05) is 46.1 Å². The molecule has 2 amide bonds. The third-order valence-corrected chi connectivity index (χ3v) is 6.28. The molecule has 0 N–H and O–H groups in total. The molecular formula is C24H33FN2O2S. The van der Waals surface area contributed by atoms with Gasteiger partial charge in [-0.1, -0.05) is 32.9 Å². The Morgan fingerprint density at radius 2 is 1.70 bits per heavy atom. The zero-order chi connectivity index (χ0) is 22.3. The average molecular weight is 433 g/mol. The molecule has 0 spiro atoms. The molecule has 0 saturated carbocycles. The Morgan fingerprint density at radius 3 is 2.23 bits per heavy atom. The van der Waals surface area contributed by atoms with Gasteiger partial charge < -0.3 is 9.80 Å². The van der Waals surface area contributed by atoms with Crippen LogP contribution in [0.25, 0.3) is 0 Å². The molecule has 30 heavy (non-hydrogen) atoms. The summed E-state index contributed by atoms with van der Waals surface area (Å²) >= 11 is 1.62. The number of benzene rings is 1. The summed E-state index contributed by atoms with van der Waals surface area (Å²) in [6.07, 6.45) is 1.22. The van der Waals surface area contributed by atoms with Gasteiger partial charge in [0.25, 0.3) is 0 Å². The molecule has 0 unspecified atom stereocenters. The summed E-state index contributed by atoms with van der Waals surface area (Å²) in [6.45, 7) is 11.0. The predicted molar refractivity (Wildman–Crippen MR) is 121 cm³/mol. The number of thiophene rings is 1. The Labute approximate surface area is 183 Å². The van der Waals surface area contributed by atoms with E-state index >= 15 is 0 Å². The van der Waals surface area contributed by atoms with Crippen molar-refractivity contribution in [2.45, 2.75) is 66.6 Å². The van der Waals surface area contributed by atoms with Crippen LogP contribution in [0.2, 0.25) is 0 Å². The molecule has 0 fully saturated rings. The average Bonchev–Trinajstić information content (AvgIpc) is 3.10. The maximum Gasteiger partial charge on any atom is 0.242 e. The molecule has 1 atom stereocenters. The van der Waals surface area contributed by atoms with Gasteiger partial charge in [0.05, 0.1) is 6.54 Å². The molecule has 164 valence electrons. The normalized spacial score (nSPS) is 12.1. The van der Waals surface area contributed by atoms with E-state index in [9.17, 15) is 14.0 Å². The van der Waals surface area contributed by atoms with Crippen molar-refractivity contribution < 1.29 is 14.0 Å². The van der Waals surface area contributed by atoms with E-state index in [1.54, 1.807) is 33.3 Å². The molecule has 1 aromatic heterocycles. The van der Waals surface area contributed by atoms with Crippen molar-refractivity contribution in [2.24, 2.45) is 5.92 Å². The van der Waals surface area contributed by atoms with Crippen molar-refractivity contribution in [1.29, 1.82) is 0 Å². The van der Waals surface area contributed by atoms with Crippen LogP contribution in [0.1, 0.15) is 56.5 Å². The van der Waals surface area contributed by atoms with E-state index in [2.05, 4.69) is 0 Å². The molecular weight excluding hydrogens is 399 g/mol. The lowest BCUT2D eigenvalue weighted by Gasteiger charge is -2.32. The molecule has 0 aliphatic heterocycles. The first-order valence-electron chi connectivity index (χ1n) is 10.6. The number of halogens is 1. The number of amides is 2. The van der Waals surface area contributed by atoms with Crippen LogP contribution < -0.4 is 0 Å². The SMILES string of the molecule is CC[C@@H](C)N(CC(=O)N(Cc1ccc(F)cc1)Cc1sccc1C)C(=O)CC(C)C. The first-order valence-corrected chi connectivity index (χ1v) is 11.4. The first kappa shape index (κ1) is 24.1. The number of rotatable bonds is 10. The van der Waals surface area contributed by atoms with Gasteiger partial charge in [0.15, 0.2) is 0 Å². The van der Waals surface area contributed by atoms with Gasteiger partial charge in [-0.3, -0.25) is 9.59 Å². The van der Waals surface area contributed by atoms with Crippen molar-refractivity contribution in [3.63, 3.8) is 0 Å². The standard InChI is InChI=1S/C24H33FN2O2S/c1-6-19(5)27(23(28)13-17(2)3)16-24(29)26(15-22-18(4)11-12-30-22)14-20-7-9-21(25)10-8-20/h7-12,17,19H,6,13-16H2,1-5H3/t19-/m1/s1. The molecule has 0 aliphatic carbocycles. The van der Waals surface area contributed by atoms with E-state index in [0.29, 0.717) is 19.5 Å². The highest BCUT2D eigenvalue weighted by atomic mass is 32.1. The third-order valence-electron chi connectivity index (χ3n) is 5.27. The smallest absolute Gasteiger partial charge is 0.242 e. The lowest BCUT2D eigenvalue weighted by molar-refractivity contribution is -0.143. The molecule has 1 aromatic carbocycles. The van der Waals surface area contributed by atoms with Crippen molar-refractivity contribution in [1.82, 2.24) is 9.80 Å². The van der Waals surface area contributed by atoms with Crippen LogP contribution in [0, 0.1) is 18.7 Å². The summed E-state index contributed by atoms with van der Waals surface area (Å²) in [5, 5.41) is 2.02. The van der Waals surface area contributed by atoms with Crippen LogP contribution in [0.15, 0.2) is 35.7 Å². The van der Waals surface area contributed by atoms with E-state index in [1.165, 1.54) is 12.1 Å². The Hall–Kier alpha value is -2.21. The zero-order valence-electron chi connectivity index (χ0n) is 18.7. The van der Waals surface area contributed by atoms with Gasteiger partial charge in [0.1, 0.15) is 12.4 Å². The predicted octanol–water partition coefficient (Wildman–Crippen LogP) is 5.40. The van der Waals surface area contributed by atoms with Gasteiger partial charge in [-0.25, -0.2) is 4.39 Å². The van der Waals surface area contributed by atoms with Crippen LogP contribution >= 0.6 is 11.3 Å². The minimum atomic E-state index is -0.298. The van der Waals surface area contributed by atoms with Gasteiger partial charge >= 0.3 is 0 Å². The van der Waals surface area contributed by atoms with Crippen LogP contribution in [0.3, 0.4) is 0 Å². The van der Waals surface area contributed by atoms with Crippen LogP contribution in [0.5, 0.6) is 0 Å². The Bertz CT molecular complexity index is 832.